The van der Waals surface area contributed by atoms with Crippen LogP contribution in [0, 0.1) is 25.7 Å². The van der Waals surface area contributed by atoms with Gasteiger partial charge in [-0.15, -0.1) is 34.9 Å². The summed E-state index contributed by atoms with van der Waals surface area (Å²) in [4.78, 5) is 6.16. The van der Waals surface area contributed by atoms with Crippen molar-refractivity contribution >= 4 is 34.9 Å². The molecule has 0 amide bonds. The van der Waals surface area contributed by atoms with E-state index in [0.29, 0.717) is 0 Å². The van der Waals surface area contributed by atoms with Crippen molar-refractivity contribution in [1.82, 2.24) is 0 Å². The summed E-state index contributed by atoms with van der Waals surface area (Å²) >= 11 is 6.11. The Morgan fingerprint density at radius 3 is 1.47 bits per heavy atom. The summed E-state index contributed by atoms with van der Waals surface area (Å²) in [5, 5.41) is 0. The molecule has 3 heteroatoms. The van der Waals surface area contributed by atoms with Crippen LogP contribution < -0.4 is 0 Å². The fourth-order valence-corrected chi connectivity index (χ4v) is 6.27. The summed E-state index contributed by atoms with van der Waals surface area (Å²) in [7, 11) is 0. The summed E-state index contributed by atoms with van der Waals surface area (Å²) in [6, 6.07) is 0. The number of hydrogen-bond acceptors (Lipinski definition) is 3. The van der Waals surface area contributed by atoms with E-state index in [1.54, 1.807) is 9.79 Å². The van der Waals surface area contributed by atoms with E-state index in [-0.39, 0.29) is 0 Å². The van der Waals surface area contributed by atoms with E-state index in [0.717, 1.165) is 11.8 Å². The van der Waals surface area contributed by atoms with Crippen LogP contribution in [0.4, 0.5) is 0 Å². The molecule has 0 aromatic carbocycles. The number of rotatable bonds is 8. The van der Waals surface area contributed by atoms with Gasteiger partial charge in [-0.25, -0.2) is 0 Å². The Hall–Kier alpha value is 0.400. The molecular weight excluding hydrogens is 288 g/mol. The van der Waals surface area contributed by atoms with Gasteiger partial charge in [0.2, 0.25) is 0 Å². The van der Waals surface area contributed by atoms with E-state index < -0.39 is 0 Å². The number of thioether (sulfide) groups is 2. The van der Waals surface area contributed by atoms with Gasteiger partial charge in [0.1, 0.15) is 0 Å². The van der Waals surface area contributed by atoms with E-state index in [9.17, 15) is 0 Å². The van der Waals surface area contributed by atoms with Crippen LogP contribution in [-0.4, -0.2) is 11.5 Å². The fourth-order valence-electron chi connectivity index (χ4n) is 1.77. The van der Waals surface area contributed by atoms with Crippen LogP contribution >= 0.6 is 34.9 Å². The van der Waals surface area contributed by atoms with Crippen molar-refractivity contribution in [2.24, 2.45) is 11.8 Å². The van der Waals surface area contributed by atoms with Crippen LogP contribution in [0.15, 0.2) is 9.79 Å². The van der Waals surface area contributed by atoms with Crippen molar-refractivity contribution in [1.29, 1.82) is 0 Å². The minimum Gasteiger partial charge on any atom is -0.144 e. The average molecular weight is 317 g/mol. The van der Waals surface area contributed by atoms with Crippen LogP contribution in [0.2, 0.25) is 0 Å². The molecule has 0 bridgehead atoms. The molecule has 0 saturated heterocycles. The highest BCUT2D eigenvalue weighted by molar-refractivity contribution is 8.02. The largest absolute Gasteiger partial charge is 0.144 e. The second-order valence-corrected chi connectivity index (χ2v) is 9.57. The lowest BCUT2D eigenvalue weighted by Crippen LogP contribution is -1.91. The van der Waals surface area contributed by atoms with E-state index in [4.69, 9.17) is 0 Å². The van der Waals surface area contributed by atoms with Crippen molar-refractivity contribution in [2.45, 2.75) is 64.2 Å². The van der Waals surface area contributed by atoms with Gasteiger partial charge in [-0.3, -0.25) is 0 Å². The van der Waals surface area contributed by atoms with Crippen molar-refractivity contribution in [3.05, 3.63) is 9.75 Å². The highest BCUT2D eigenvalue weighted by Gasteiger charge is 2.14. The summed E-state index contributed by atoms with van der Waals surface area (Å²) in [6.45, 7) is 13.8. The first-order valence-electron chi connectivity index (χ1n) is 7.27. The predicted octanol–water partition coefficient (Wildman–Crippen LogP) is 6.64. The van der Waals surface area contributed by atoms with Gasteiger partial charge < -0.3 is 0 Å². The Morgan fingerprint density at radius 2 is 1.16 bits per heavy atom. The summed E-state index contributed by atoms with van der Waals surface area (Å²) in [5.74, 6) is 4.13. The maximum Gasteiger partial charge on any atom is 0.0347 e. The monoisotopic (exact) mass is 316 g/mol. The molecule has 0 unspecified atom stereocenters. The standard InChI is InChI=1S/C16H28S3/c1-11(2)7-9-17-15-13(5)19-14(6)16(15)18-10-8-12(3)4/h11-12H,7-10H2,1-6H3. The van der Waals surface area contributed by atoms with Gasteiger partial charge in [0.05, 0.1) is 0 Å². The molecule has 0 aliphatic heterocycles. The van der Waals surface area contributed by atoms with Crippen molar-refractivity contribution in [3.8, 4) is 0 Å². The minimum atomic E-state index is 0.810. The van der Waals surface area contributed by atoms with E-state index in [2.05, 4.69) is 65.1 Å². The second kappa shape index (κ2) is 8.63. The first-order valence-corrected chi connectivity index (χ1v) is 10.1. The second-order valence-electron chi connectivity index (χ2n) is 5.93. The Morgan fingerprint density at radius 1 is 0.789 bits per heavy atom. The Balaban J connectivity index is 2.62. The molecular formula is C16H28S3. The topological polar surface area (TPSA) is 0 Å². The average Bonchev–Trinajstić information content (AvgIpc) is 2.54. The van der Waals surface area contributed by atoms with Crippen molar-refractivity contribution < 1.29 is 0 Å². The Bertz CT molecular complexity index is 343. The van der Waals surface area contributed by atoms with Gasteiger partial charge in [-0.2, -0.15) is 0 Å². The molecule has 1 rings (SSSR count). The van der Waals surface area contributed by atoms with E-state index in [1.165, 1.54) is 34.1 Å². The molecule has 0 N–H and O–H groups in total. The Kier molecular flexibility index (Phi) is 7.93. The number of aryl methyl sites for hydroxylation is 2. The molecule has 110 valence electrons. The maximum absolute atomic E-state index is 2.31. The quantitative estimate of drug-likeness (QED) is 0.493. The lowest BCUT2D eigenvalue weighted by Gasteiger charge is -2.09. The molecule has 19 heavy (non-hydrogen) atoms. The normalized spacial score (nSPS) is 11.8. The zero-order chi connectivity index (χ0) is 14.4. The smallest absolute Gasteiger partial charge is 0.0347 e. The zero-order valence-electron chi connectivity index (χ0n) is 13.2. The first-order chi connectivity index (χ1) is 8.91. The van der Waals surface area contributed by atoms with Crippen LogP contribution in [0.1, 0.15) is 50.3 Å². The van der Waals surface area contributed by atoms with Crippen LogP contribution in [-0.2, 0) is 0 Å². The first kappa shape index (κ1) is 17.5. The highest BCUT2D eigenvalue weighted by Crippen LogP contribution is 2.42. The molecule has 1 heterocycles. The third-order valence-corrected chi connectivity index (χ3v) is 6.92. The van der Waals surface area contributed by atoms with Gasteiger partial charge in [0.15, 0.2) is 0 Å². The molecule has 0 saturated carbocycles. The van der Waals surface area contributed by atoms with Gasteiger partial charge >= 0.3 is 0 Å². The summed E-state index contributed by atoms with van der Waals surface area (Å²) in [6.07, 6.45) is 2.63. The molecule has 0 spiro atoms. The molecule has 0 nitrogen and oxygen atoms in total. The molecule has 0 aliphatic rings. The molecule has 0 aliphatic carbocycles. The van der Waals surface area contributed by atoms with Crippen LogP contribution in [0.3, 0.4) is 0 Å². The van der Waals surface area contributed by atoms with Crippen LogP contribution in [0.5, 0.6) is 0 Å². The van der Waals surface area contributed by atoms with Gasteiger partial charge in [0.25, 0.3) is 0 Å². The van der Waals surface area contributed by atoms with Gasteiger partial charge in [-0.1, -0.05) is 27.7 Å². The third kappa shape index (κ3) is 6.14. The lowest BCUT2D eigenvalue weighted by molar-refractivity contribution is 0.631. The zero-order valence-corrected chi connectivity index (χ0v) is 15.7. The van der Waals surface area contributed by atoms with Crippen LogP contribution in [0.25, 0.3) is 0 Å². The van der Waals surface area contributed by atoms with Crippen molar-refractivity contribution in [2.75, 3.05) is 11.5 Å². The summed E-state index contributed by atoms with van der Waals surface area (Å²) < 4.78 is 0. The molecule has 0 atom stereocenters. The lowest BCUT2D eigenvalue weighted by atomic mass is 10.2. The van der Waals surface area contributed by atoms with Crippen molar-refractivity contribution in [3.63, 3.8) is 0 Å². The fraction of sp³-hybridized carbons (Fsp3) is 0.750. The van der Waals surface area contributed by atoms with E-state index >= 15 is 0 Å². The third-order valence-electron chi connectivity index (χ3n) is 3.04. The molecule has 1 aromatic rings. The minimum absolute atomic E-state index is 0.810. The Labute approximate surface area is 132 Å². The van der Waals surface area contributed by atoms with Gasteiger partial charge in [0, 0.05) is 19.5 Å². The summed E-state index contributed by atoms with van der Waals surface area (Å²) in [5.41, 5.74) is 0. The number of hydrogen-bond donors (Lipinski definition) is 0. The number of thiophene rings is 1. The van der Waals surface area contributed by atoms with Gasteiger partial charge in [-0.05, 0) is 50.0 Å². The SMILES string of the molecule is Cc1sc(C)c(SCCC(C)C)c1SCCC(C)C. The molecule has 1 aromatic heterocycles. The predicted molar refractivity (Wildman–Crippen MR) is 94.2 cm³/mol. The maximum atomic E-state index is 2.31. The molecule has 0 fully saturated rings. The van der Waals surface area contributed by atoms with E-state index in [1.807, 2.05) is 11.3 Å². The molecule has 0 radical (unpaired) electrons. The highest BCUT2D eigenvalue weighted by atomic mass is 32.2.